The van der Waals surface area contributed by atoms with Crippen molar-refractivity contribution in [3.8, 4) is 11.5 Å². The molecular formula is C27H24N2O4S2. The van der Waals surface area contributed by atoms with Gasteiger partial charge in [-0.25, -0.2) is 0 Å². The largest absolute Gasteiger partial charge is 0.493 e. The van der Waals surface area contributed by atoms with Gasteiger partial charge < -0.3 is 14.8 Å². The molecule has 3 aromatic carbocycles. The zero-order chi connectivity index (χ0) is 24.9. The molecule has 0 atom stereocenters. The highest BCUT2D eigenvalue weighted by Crippen LogP contribution is 2.37. The summed E-state index contributed by atoms with van der Waals surface area (Å²) in [4.78, 5) is 27.3. The standard InChI is InChI=1S/C27H24N2O4S2/c1-17-9-11-20(13-18(17)2)28-25(30)16-33-22-12-10-19(14-23(22)32-3)15-24-26(31)29(27(34)35-24)21-7-5-4-6-8-21/h4-15H,16H2,1-3H3,(H,28,30)/b24-15+. The molecule has 1 aliphatic heterocycles. The second kappa shape index (κ2) is 10.8. The number of para-hydroxylation sites is 1. The summed E-state index contributed by atoms with van der Waals surface area (Å²) in [5.74, 6) is 0.436. The Kier molecular flexibility index (Phi) is 7.53. The zero-order valence-electron chi connectivity index (χ0n) is 19.5. The first-order chi connectivity index (χ1) is 16.9. The highest BCUT2D eigenvalue weighted by atomic mass is 32.2. The summed E-state index contributed by atoms with van der Waals surface area (Å²) in [6.45, 7) is 3.84. The third kappa shape index (κ3) is 5.72. The summed E-state index contributed by atoms with van der Waals surface area (Å²) in [7, 11) is 1.52. The second-order valence-electron chi connectivity index (χ2n) is 7.90. The lowest BCUT2D eigenvalue weighted by Gasteiger charge is -2.14. The molecule has 0 spiro atoms. The number of amides is 2. The summed E-state index contributed by atoms with van der Waals surface area (Å²) >= 11 is 6.68. The maximum Gasteiger partial charge on any atom is 0.270 e. The first-order valence-electron chi connectivity index (χ1n) is 10.9. The fourth-order valence-electron chi connectivity index (χ4n) is 3.47. The smallest absolute Gasteiger partial charge is 0.270 e. The second-order valence-corrected chi connectivity index (χ2v) is 9.57. The van der Waals surface area contributed by atoms with Crippen molar-refractivity contribution in [1.82, 2.24) is 0 Å². The van der Waals surface area contributed by atoms with Crippen molar-refractivity contribution < 1.29 is 19.1 Å². The van der Waals surface area contributed by atoms with Crippen LogP contribution in [-0.2, 0) is 9.59 Å². The van der Waals surface area contributed by atoms with Gasteiger partial charge in [0.15, 0.2) is 22.4 Å². The number of carbonyl (C=O) groups excluding carboxylic acids is 2. The minimum atomic E-state index is -0.274. The number of ether oxygens (including phenoxy) is 2. The topological polar surface area (TPSA) is 67.9 Å². The predicted octanol–water partition coefficient (Wildman–Crippen LogP) is 5.74. The summed E-state index contributed by atoms with van der Waals surface area (Å²) in [5.41, 5.74) is 4.46. The summed E-state index contributed by atoms with van der Waals surface area (Å²) in [5, 5.41) is 2.83. The van der Waals surface area contributed by atoms with E-state index in [1.54, 1.807) is 24.3 Å². The Morgan fingerprint density at radius 1 is 1.03 bits per heavy atom. The molecule has 1 N–H and O–H groups in total. The van der Waals surface area contributed by atoms with Crippen LogP contribution in [0.2, 0.25) is 0 Å². The first kappa shape index (κ1) is 24.5. The number of thioether (sulfide) groups is 1. The number of nitrogens with one attached hydrogen (secondary N) is 1. The fourth-order valence-corrected chi connectivity index (χ4v) is 4.77. The number of benzene rings is 3. The maximum atomic E-state index is 13.0. The number of thiocarbonyl (C=S) groups is 1. The van der Waals surface area contributed by atoms with E-state index in [0.29, 0.717) is 20.7 Å². The van der Waals surface area contributed by atoms with Crippen molar-refractivity contribution in [3.05, 3.63) is 88.3 Å². The number of rotatable bonds is 7. The molecule has 178 valence electrons. The number of hydrogen-bond acceptors (Lipinski definition) is 6. The third-order valence-corrected chi connectivity index (χ3v) is 6.75. The molecule has 6 nitrogen and oxygen atoms in total. The average molecular weight is 505 g/mol. The van der Waals surface area contributed by atoms with E-state index in [2.05, 4.69) is 5.32 Å². The van der Waals surface area contributed by atoms with Crippen LogP contribution in [0.4, 0.5) is 11.4 Å². The lowest BCUT2D eigenvalue weighted by Crippen LogP contribution is -2.27. The zero-order valence-corrected chi connectivity index (χ0v) is 21.2. The Bertz CT molecular complexity index is 1320. The highest BCUT2D eigenvalue weighted by molar-refractivity contribution is 8.27. The van der Waals surface area contributed by atoms with Crippen LogP contribution >= 0.6 is 24.0 Å². The Hall–Kier alpha value is -3.62. The van der Waals surface area contributed by atoms with Crippen LogP contribution in [0.5, 0.6) is 11.5 Å². The number of anilines is 2. The lowest BCUT2D eigenvalue weighted by molar-refractivity contribution is -0.118. The molecular weight excluding hydrogens is 480 g/mol. The van der Waals surface area contributed by atoms with Crippen molar-refractivity contribution in [3.63, 3.8) is 0 Å². The van der Waals surface area contributed by atoms with E-state index in [1.807, 2.05) is 62.4 Å². The van der Waals surface area contributed by atoms with Crippen molar-refractivity contribution >= 4 is 57.6 Å². The molecule has 0 aromatic heterocycles. The average Bonchev–Trinajstić information content (AvgIpc) is 3.13. The van der Waals surface area contributed by atoms with Gasteiger partial charge in [-0.1, -0.05) is 54.3 Å². The van der Waals surface area contributed by atoms with Gasteiger partial charge >= 0.3 is 0 Å². The van der Waals surface area contributed by atoms with Crippen molar-refractivity contribution in [2.75, 3.05) is 23.9 Å². The summed E-state index contributed by atoms with van der Waals surface area (Å²) in [6, 6.07) is 20.3. The van der Waals surface area contributed by atoms with E-state index in [9.17, 15) is 9.59 Å². The van der Waals surface area contributed by atoms with Crippen LogP contribution in [0.25, 0.3) is 6.08 Å². The van der Waals surface area contributed by atoms with E-state index < -0.39 is 0 Å². The van der Waals surface area contributed by atoms with E-state index in [0.717, 1.165) is 28.1 Å². The molecule has 1 aliphatic rings. The van der Waals surface area contributed by atoms with Crippen LogP contribution in [0.3, 0.4) is 0 Å². The molecule has 1 fully saturated rings. The van der Waals surface area contributed by atoms with Crippen molar-refractivity contribution in [1.29, 1.82) is 0 Å². The molecule has 0 unspecified atom stereocenters. The van der Waals surface area contributed by atoms with Crippen molar-refractivity contribution in [2.45, 2.75) is 13.8 Å². The summed E-state index contributed by atoms with van der Waals surface area (Å²) < 4.78 is 11.6. The van der Waals surface area contributed by atoms with Gasteiger partial charge in [-0.15, -0.1) is 0 Å². The molecule has 0 radical (unpaired) electrons. The molecule has 0 bridgehead atoms. The number of carbonyl (C=O) groups is 2. The lowest BCUT2D eigenvalue weighted by atomic mass is 10.1. The number of nitrogens with zero attached hydrogens (tertiary/aromatic N) is 1. The Morgan fingerprint density at radius 3 is 2.51 bits per heavy atom. The molecule has 0 saturated carbocycles. The Balaban J connectivity index is 1.44. The number of hydrogen-bond donors (Lipinski definition) is 1. The number of aryl methyl sites for hydroxylation is 2. The molecule has 1 heterocycles. The van der Waals surface area contributed by atoms with Gasteiger partial charge in [-0.2, -0.15) is 0 Å². The molecule has 4 rings (SSSR count). The van der Waals surface area contributed by atoms with Gasteiger partial charge in [0, 0.05) is 5.69 Å². The van der Waals surface area contributed by atoms with Gasteiger partial charge in [-0.05, 0) is 73.0 Å². The Morgan fingerprint density at radius 2 is 1.80 bits per heavy atom. The van der Waals surface area contributed by atoms with Crippen LogP contribution < -0.4 is 19.7 Å². The third-order valence-electron chi connectivity index (χ3n) is 5.44. The molecule has 1 saturated heterocycles. The van der Waals surface area contributed by atoms with Crippen LogP contribution in [0.15, 0.2) is 71.6 Å². The monoisotopic (exact) mass is 504 g/mol. The van der Waals surface area contributed by atoms with Gasteiger partial charge in [0.25, 0.3) is 11.8 Å². The minimum absolute atomic E-state index is 0.168. The predicted molar refractivity (Wildman–Crippen MR) is 145 cm³/mol. The fraction of sp³-hybridized carbons (Fsp3) is 0.148. The van der Waals surface area contributed by atoms with Crippen LogP contribution in [0.1, 0.15) is 16.7 Å². The maximum absolute atomic E-state index is 13.0. The van der Waals surface area contributed by atoms with E-state index in [1.165, 1.54) is 23.8 Å². The van der Waals surface area contributed by atoms with Gasteiger partial charge in [0.1, 0.15) is 0 Å². The van der Waals surface area contributed by atoms with E-state index in [4.69, 9.17) is 21.7 Å². The molecule has 8 heteroatoms. The summed E-state index contributed by atoms with van der Waals surface area (Å²) in [6.07, 6.45) is 1.76. The van der Waals surface area contributed by atoms with E-state index in [-0.39, 0.29) is 18.4 Å². The highest BCUT2D eigenvalue weighted by Gasteiger charge is 2.33. The molecule has 2 amide bonds. The first-order valence-corrected chi connectivity index (χ1v) is 12.1. The van der Waals surface area contributed by atoms with Gasteiger partial charge in [-0.3, -0.25) is 14.5 Å². The van der Waals surface area contributed by atoms with E-state index >= 15 is 0 Å². The van der Waals surface area contributed by atoms with Crippen LogP contribution in [-0.4, -0.2) is 29.9 Å². The quantitative estimate of drug-likeness (QED) is 0.327. The number of methoxy groups -OCH3 is 1. The molecule has 0 aliphatic carbocycles. The van der Waals surface area contributed by atoms with Gasteiger partial charge in [0.2, 0.25) is 0 Å². The normalized spacial score (nSPS) is 14.4. The van der Waals surface area contributed by atoms with Crippen molar-refractivity contribution in [2.24, 2.45) is 0 Å². The van der Waals surface area contributed by atoms with Crippen LogP contribution in [0, 0.1) is 13.8 Å². The SMILES string of the molecule is COc1cc(/C=C2/SC(=S)N(c3ccccc3)C2=O)ccc1OCC(=O)Nc1ccc(C)c(C)c1. The Labute approximate surface area is 213 Å². The molecule has 35 heavy (non-hydrogen) atoms. The molecule has 3 aromatic rings. The minimum Gasteiger partial charge on any atom is -0.493 e. The van der Waals surface area contributed by atoms with Gasteiger partial charge in [0.05, 0.1) is 17.7 Å².